The molecule has 2 aliphatic rings. The van der Waals surface area contributed by atoms with Gasteiger partial charge in [0.1, 0.15) is 0 Å². The molecule has 3 aromatic rings. The monoisotopic (exact) mass is 486 g/mol. The van der Waals surface area contributed by atoms with Gasteiger partial charge in [-0.1, -0.05) is 48.5 Å². The molecule has 0 spiro atoms. The summed E-state index contributed by atoms with van der Waals surface area (Å²) in [5, 5.41) is 0. The number of carbonyl (C=O) groups is 2. The van der Waals surface area contributed by atoms with Gasteiger partial charge in [-0.3, -0.25) is 9.59 Å². The van der Waals surface area contributed by atoms with Crippen molar-refractivity contribution < 1.29 is 23.8 Å². The van der Waals surface area contributed by atoms with Crippen LogP contribution in [0.15, 0.2) is 72.8 Å². The maximum atomic E-state index is 13.7. The van der Waals surface area contributed by atoms with Crippen LogP contribution in [-0.4, -0.2) is 60.7 Å². The van der Waals surface area contributed by atoms with Crippen LogP contribution in [0.2, 0.25) is 0 Å². The summed E-state index contributed by atoms with van der Waals surface area (Å²) in [7, 11) is 1.60. The minimum absolute atomic E-state index is 0.00224. The SMILES string of the molecule is COc1cc(C[C@H]2CN(C(=O)c3ccccc3)[C@@H](Cc3ccccc3)CN2C(C)=O)cc2c1OCO2. The van der Waals surface area contributed by atoms with Gasteiger partial charge in [0, 0.05) is 25.6 Å². The molecule has 186 valence electrons. The van der Waals surface area contributed by atoms with Gasteiger partial charge in [-0.25, -0.2) is 0 Å². The van der Waals surface area contributed by atoms with E-state index in [0.717, 1.165) is 11.1 Å². The highest BCUT2D eigenvalue weighted by molar-refractivity contribution is 5.94. The van der Waals surface area contributed by atoms with Gasteiger partial charge in [0.25, 0.3) is 5.91 Å². The van der Waals surface area contributed by atoms with Crippen LogP contribution in [0.3, 0.4) is 0 Å². The van der Waals surface area contributed by atoms with Crippen molar-refractivity contribution in [3.05, 3.63) is 89.5 Å². The molecule has 2 aliphatic heterocycles. The van der Waals surface area contributed by atoms with Crippen LogP contribution in [0.4, 0.5) is 0 Å². The highest BCUT2D eigenvalue weighted by Crippen LogP contribution is 2.42. The van der Waals surface area contributed by atoms with Crippen molar-refractivity contribution in [2.24, 2.45) is 0 Å². The third-order valence-electron chi connectivity index (χ3n) is 6.89. The van der Waals surface area contributed by atoms with Crippen molar-refractivity contribution in [1.29, 1.82) is 0 Å². The van der Waals surface area contributed by atoms with Gasteiger partial charge < -0.3 is 24.0 Å². The zero-order valence-corrected chi connectivity index (χ0v) is 20.6. The first-order valence-electron chi connectivity index (χ1n) is 12.2. The van der Waals surface area contributed by atoms with Crippen LogP contribution in [0.1, 0.15) is 28.4 Å². The van der Waals surface area contributed by atoms with Crippen LogP contribution in [-0.2, 0) is 17.6 Å². The van der Waals surface area contributed by atoms with E-state index in [1.54, 1.807) is 14.0 Å². The lowest BCUT2D eigenvalue weighted by Crippen LogP contribution is -2.62. The normalized spacial score (nSPS) is 18.7. The lowest BCUT2D eigenvalue weighted by Gasteiger charge is -2.46. The molecule has 0 bridgehead atoms. The Morgan fingerprint density at radius 1 is 0.861 bits per heavy atom. The minimum atomic E-state index is -0.188. The van der Waals surface area contributed by atoms with E-state index in [-0.39, 0.29) is 30.7 Å². The summed E-state index contributed by atoms with van der Waals surface area (Å²) < 4.78 is 16.6. The van der Waals surface area contributed by atoms with Crippen molar-refractivity contribution in [1.82, 2.24) is 9.80 Å². The number of ether oxygens (including phenoxy) is 3. The first-order valence-corrected chi connectivity index (χ1v) is 12.2. The molecule has 7 nitrogen and oxygen atoms in total. The van der Waals surface area contributed by atoms with Gasteiger partial charge in [0.2, 0.25) is 18.4 Å². The number of carbonyl (C=O) groups excluding carboxylic acids is 2. The summed E-state index contributed by atoms with van der Waals surface area (Å²) in [5.41, 5.74) is 2.74. The number of methoxy groups -OCH3 is 1. The standard InChI is InChI=1S/C29H30N2O5/c1-20(32)30-17-25(13-21-9-5-3-6-10-21)31(29(33)23-11-7-4-8-12-23)18-24(30)14-22-15-26(34-2)28-27(16-22)35-19-36-28/h3-12,15-16,24-25H,13-14,17-19H2,1-2H3/t24-,25-/m0/s1. The number of nitrogens with zero attached hydrogens (tertiary/aromatic N) is 2. The molecular formula is C29H30N2O5. The summed E-state index contributed by atoms with van der Waals surface area (Å²) in [5.74, 6) is 1.81. The van der Waals surface area contributed by atoms with E-state index >= 15 is 0 Å². The van der Waals surface area contributed by atoms with E-state index in [9.17, 15) is 9.59 Å². The number of piperazine rings is 1. The maximum absolute atomic E-state index is 13.7. The molecule has 3 aromatic carbocycles. The molecule has 0 N–H and O–H groups in total. The fraction of sp³-hybridized carbons (Fsp3) is 0.310. The topological polar surface area (TPSA) is 68.3 Å². The van der Waals surface area contributed by atoms with Gasteiger partial charge in [-0.15, -0.1) is 0 Å². The highest BCUT2D eigenvalue weighted by atomic mass is 16.7. The van der Waals surface area contributed by atoms with Gasteiger partial charge >= 0.3 is 0 Å². The number of fused-ring (bicyclic) bond motifs is 1. The Labute approximate surface area is 211 Å². The first-order chi connectivity index (χ1) is 17.5. The van der Waals surface area contributed by atoms with E-state index in [4.69, 9.17) is 14.2 Å². The predicted octanol–water partition coefficient (Wildman–Crippen LogP) is 3.95. The van der Waals surface area contributed by atoms with Crippen molar-refractivity contribution >= 4 is 11.8 Å². The summed E-state index contributed by atoms with van der Waals surface area (Å²) in [4.78, 5) is 30.3. The Balaban J connectivity index is 1.46. The Morgan fingerprint density at radius 3 is 2.19 bits per heavy atom. The quantitative estimate of drug-likeness (QED) is 0.528. The highest BCUT2D eigenvalue weighted by Gasteiger charge is 2.38. The van der Waals surface area contributed by atoms with Crippen LogP contribution < -0.4 is 14.2 Å². The molecule has 0 saturated carbocycles. The molecule has 0 aromatic heterocycles. The van der Waals surface area contributed by atoms with E-state index in [1.165, 1.54) is 0 Å². The van der Waals surface area contributed by atoms with E-state index in [1.807, 2.05) is 70.5 Å². The first kappa shape index (κ1) is 23.7. The maximum Gasteiger partial charge on any atom is 0.254 e. The molecule has 7 heteroatoms. The lowest BCUT2D eigenvalue weighted by molar-refractivity contribution is -0.134. The molecule has 2 amide bonds. The fourth-order valence-corrected chi connectivity index (χ4v) is 5.14. The summed E-state index contributed by atoms with van der Waals surface area (Å²) in [6.45, 7) is 2.65. The van der Waals surface area contributed by atoms with Gasteiger partial charge in [0.05, 0.1) is 19.2 Å². The second-order valence-corrected chi connectivity index (χ2v) is 9.23. The van der Waals surface area contributed by atoms with Crippen LogP contribution in [0.5, 0.6) is 17.2 Å². The number of benzene rings is 3. The zero-order valence-electron chi connectivity index (χ0n) is 20.6. The largest absolute Gasteiger partial charge is 0.493 e. The van der Waals surface area contributed by atoms with E-state index in [0.29, 0.717) is 48.7 Å². The molecule has 1 saturated heterocycles. The molecule has 36 heavy (non-hydrogen) atoms. The van der Waals surface area contributed by atoms with Crippen molar-refractivity contribution in [3.8, 4) is 17.2 Å². The number of rotatable bonds is 6. The summed E-state index contributed by atoms with van der Waals surface area (Å²) >= 11 is 0. The van der Waals surface area contributed by atoms with Gasteiger partial charge in [-0.05, 0) is 48.2 Å². The molecule has 0 aliphatic carbocycles. The average molecular weight is 487 g/mol. The number of hydrogen-bond donors (Lipinski definition) is 0. The third-order valence-corrected chi connectivity index (χ3v) is 6.89. The van der Waals surface area contributed by atoms with Gasteiger partial charge in [0.15, 0.2) is 11.5 Å². The zero-order chi connectivity index (χ0) is 25.1. The fourth-order valence-electron chi connectivity index (χ4n) is 5.14. The second kappa shape index (κ2) is 10.3. The molecule has 2 atom stereocenters. The van der Waals surface area contributed by atoms with Gasteiger partial charge in [-0.2, -0.15) is 0 Å². The molecule has 1 fully saturated rings. The van der Waals surface area contributed by atoms with E-state index in [2.05, 4.69) is 12.1 Å². The molecule has 2 heterocycles. The average Bonchev–Trinajstić information content (AvgIpc) is 3.38. The minimum Gasteiger partial charge on any atom is -0.493 e. The Morgan fingerprint density at radius 2 is 1.50 bits per heavy atom. The van der Waals surface area contributed by atoms with Crippen molar-refractivity contribution in [2.45, 2.75) is 31.8 Å². The van der Waals surface area contributed by atoms with Crippen molar-refractivity contribution in [2.75, 3.05) is 27.0 Å². The Kier molecular flexibility index (Phi) is 6.80. The third kappa shape index (κ3) is 4.87. The summed E-state index contributed by atoms with van der Waals surface area (Å²) in [6, 6.07) is 23.0. The van der Waals surface area contributed by atoms with E-state index < -0.39 is 0 Å². The van der Waals surface area contributed by atoms with Crippen LogP contribution in [0.25, 0.3) is 0 Å². The lowest BCUT2D eigenvalue weighted by atomic mass is 9.94. The molecule has 0 radical (unpaired) electrons. The Hall–Kier alpha value is -4.00. The summed E-state index contributed by atoms with van der Waals surface area (Å²) in [6.07, 6.45) is 1.23. The van der Waals surface area contributed by atoms with Crippen LogP contribution in [0, 0.1) is 0 Å². The predicted molar refractivity (Wildman–Crippen MR) is 135 cm³/mol. The Bertz CT molecular complexity index is 1230. The smallest absolute Gasteiger partial charge is 0.254 e. The second-order valence-electron chi connectivity index (χ2n) is 9.23. The van der Waals surface area contributed by atoms with Crippen LogP contribution >= 0.6 is 0 Å². The molecule has 0 unspecified atom stereocenters. The molecule has 5 rings (SSSR count). The molecular weight excluding hydrogens is 456 g/mol. The van der Waals surface area contributed by atoms with Crippen molar-refractivity contribution in [3.63, 3.8) is 0 Å². The number of amides is 2. The number of hydrogen-bond acceptors (Lipinski definition) is 5.